The van der Waals surface area contributed by atoms with Crippen LogP contribution < -0.4 is 4.74 Å². The van der Waals surface area contributed by atoms with Crippen LogP contribution in [-0.2, 0) is 11.3 Å². The molecule has 0 aliphatic rings. The zero-order valence-corrected chi connectivity index (χ0v) is 11.6. The van der Waals surface area contributed by atoms with Gasteiger partial charge < -0.3 is 9.47 Å². The fourth-order valence-corrected chi connectivity index (χ4v) is 1.74. The molecule has 0 amide bonds. The first-order chi connectivity index (χ1) is 9.17. The van der Waals surface area contributed by atoms with Crippen molar-refractivity contribution in [2.24, 2.45) is 0 Å². The van der Waals surface area contributed by atoms with Crippen LogP contribution in [0.1, 0.15) is 18.3 Å². The van der Waals surface area contributed by atoms with Gasteiger partial charge in [0.15, 0.2) is 5.82 Å². The standard InChI is InChI=1S/C14H15ClN2O2/c1-3-18-9-13-16-12(15)8-14(17-13)19-11-6-4-5-10(2)7-11/h4-8H,3,9H2,1-2H3. The lowest BCUT2D eigenvalue weighted by atomic mass is 10.2. The predicted octanol–water partition coefficient (Wildman–Crippen LogP) is 3.77. The molecule has 0 bridgehead atoms. The van der Waals surface area contributed by atoms with Crippen LogP contribution in [0.2, 0.25) is 5.15 Å². The van der Waals surface area contributed by atoms with Gasteiger partial charge in [0.25, 0.3) is 0 Å². The van der Waals surface area contributed by atoms with Crippen LogP contribution in [0.4, 0.5) is 0 Å². The minimum Gasteiger partial charge on any atom is -0.439 e. The molecule has 100 valence electrons. The van der Waals surface area contributed by atoms with Gasteiger partial charge >= 0.3 is 0 Å². The highest BCUT2D eigenvalue weighted by Gasteiger charge is 2.06. The number of hydrogen-bond acceptors (Lipinski definition) is 4. The van der Waals surface area contributed by atoms with E-state index in [-0.39, 0.29) is 0 Å². The van der Waals surface area contributed by atoms with Crippen molar-refractivity contribution in [2.75, 3.05) is 6.61 Å². The molecule has 4 nitrogen and oxygen atoms in total. The number of nitrogens with zero attached hydrogens (tertiary/aromatic N) is 2. The van der Waals surface area contributed by atoms with E-state index in [4.69, 9.17) is 21.1 Å². The van der Waals surface area contributed by atoms with Gasteiger partial charge in [-0.05, 0) is 31.5 Å². The van der Waals surface area contributed by atoms with Crippen LogP contribution in [-0.4, -0.2) is 16.6 Å². The molecule has 2 aromatic rings. The largest absolute Gasteiger partial charge is 0.439 e. The Balaban J connectivity index is 2.17. The highest BCUT2D eigenvalue weighted by Crippen LogP contribution is 2.22. The first kappa shape index (κ1) is 13.8. The number of ether oxygens (including phenoxy) is 2. The van der Waals surface area contributed by atoms with Gasteiger partial charge in [-0.2, -0.15) is 4.98 Å². The summed E-state index contributed by atoms with van der Waals surface area (Å²) >= 11 is 5.94. The van der Waals surface area contributed by atoms with E-state index in [0.717, 1.165) is 11.3 Å². The van der Waals surface area contributed by atoms with Gasteiger partial charge in [-0.25, -0.2) is 4.98 Å². The molecule has 1 aromatic heterocycles. The molecule has 2 rings (SSSR count). The Morgan fingerprint density at radius 3 is 2.79 bits per heavy atom. The first-order valence-corrected chi connectivity index (χ1v) is 6.41. The summed E-state index contributed by atoms with van der Waals surface area (Å²) in [6.07, 6.45) is 0. The van der Waals surface area contributed by atoms with Gasteiger partial charge in [-0.1, -0.05) is 23.7 Å². The molecule has 5 heteroatoms. The molecule has 0 radical (unpaired) electrons. The van der Waals surface area contributed by atoms with Crippen molar-refractivity contribution in [1.29, 1.82) is 0 Å². The second-order valence-electron chi connectivity index (χ2n) is 4.00. The van der Waals surface area contributed by atoms with Crippen LogP contribution in [0.3, 0.4) is 0 Å². The van der Waals surface area contributed by atoms with Crippen molar-refractivity contribution in [1.82, 2.24) is 9.97 Å². The first-order valence-electron chi connectivity index (χ1n) is 6.03. The molecule has 0 aliphatic carbocycles. The van der Waals surface area contributed by atoms with Crippen molar-refractivity contribution in [3.05, 3.63) is 46.9 Å². The summed E-state index contributed by atoms with van der Waals surface area (Å²) < 4.78 is 10.9. The second kappa shape index (κ2) is 6.50. The second-order valence-corrected chi connectivity index (χ2v) is 4.39. The van der Waals surface area contributed by atoms with Crippen LogP contribution in [0.15, 0.2) is 30.3 Å². The highest BCUT2D eigenvalue weighted by atomic mass is 35.5. The zero-order valence-electron chi connectivity index (χ0n) is 10.9. The fourth-order valence-electron chi connectivity index (χ4n) is 1.55. The van der Waals surface area contributed by atoms with Crippen LogP contribution in [0.5, 0.6) is 11.6 Å². The summed E-state index contributed by atoms with van der Waals surface area (Å²) in [7, 11) is 0. The molecule has 1 heterocycles. The van der Waals surface area contributed by atoms with Crippen molar-refractivity contribution < 1.29 is 9.47 Å². The molecule has 0 spiro atoms. The molecule has 0 unspecified atom stereocenters. The summed E-state index contributed by atoms with van der Waals surface area (Å²) in [5.41, 5.74) is 1.12. The summed E-state index contributed by atoms with van der Waals surface area (Å²) in [5.74, 6) is 1.65. The maximum absolute atomic E-state index is 5.94. The summed E-state index contributed by atoms with van der Waals surface area (Å²) in [4.78, 5) is 8.33. The topological polar surface area (TPSA) is 44.2 Å². The third kappa shape index (κ3) is 4.19. The van der Waals surface area contributed by atoms with Crippen LogP contribution >= 0.6 is 11.6 Å². The van der Waals surface area contributed by atoms with Crippen molar-refractivity contribution in [3.8, 4) is 11.6 Å². The molecule has 0 saturated carbocycles. The van der Waals surface area contributed by atoms with Gasteiger partial charge in [0, 0.05) is 12.7 Å². The van der Waals surface area contributed by atoms with E-state index < -0.39 is 0 Å². The van der Waals surface area contributed by atoms with E-state index in [2.05, 4.69) is 9.97 Å². The zero-order chi connectivity index (χ0) is 13.7. The maximum Gasteiger partial charge on any atom is 0.224 e. The monoisotopic (exact) mass is 278 g/mol. The number of aryl methyl sites for hydroxylation is 1. The lowest BCUT2D eigenvalue weighted by molar-refractivity contribution is 0.128. The lowest BCUT2D eigenvalue weighted by Crippen LogP contribution is -2.01. The van der Waals surface area contributed by atoms with E-state index in [9.17, 15) is 0 Å². The Morgan fingerprint density at radius 1 is 1.21 bits per heavy atom. The van der Waals surface area contributed by atoms with E-state index in [1.54, 1.807) is 6.07 Å². The van der Waals surface area contributed by atoms with Gasteiger partial charge in [-0.15, -0.1) is 0 Å². The quantitative estimate of drug-likeness (QED) is 0.781. The average Bonchev–Trinajstić information content (AvgIpc) is 2.35. The molecule has 0 N–H and O–H groups in total. The maximum atomic E-state index is 5.94. The highest BCUT2D eigenvalue weighted by molar-refractivity contribution is 6.29. The molecule has 0 saturated heterocycles. The number of aromatic nitrogens is 2. The van der Waals surface area contributed by atoms with Crippen molar-refractivity contribution in [2.45, 2.75) is 20.5 Å². The van der Waals surface area contributed by atoms with E-state index in [1.165, 1.54) is 0 Å². The number of benzene rings is 1. The van der Waals surface area contributed by atoms with E-state index in [1.807, 2.05) is 38.1 Å². The minimum atomic E-state index is 0.321. The van der Waals surface area contributed by atoms with Gasteiger partial charge in [0.2, 0.25) is 5.88 Å². The van der Waals surface area contributed by atoms with Crippen LogP contribution in [0.25, 0.3) is 0 Å². The van der Waals surface area contributed by atoms with Crippen molar-refractivity contribution >= 4 is 11.6 Å². The smallest absolute Gasteiger partial charge is 0.224 e. The van der Waals surface area contributed by atoms with E-state index >= 15 is 0 Å². The normalized spacial score (nSPS) is 10.5. The number of halogens is 1. The molecule has 1 aromatic carbocycles. The fraction of sp³-hybridized carbons (Fsp3) is 0.286. The molecular weight excluding hydrogens is 264 g/mol. The van der Waals surface area contributed by atoms with Gasteiger partial charge in [-0.3, -0.25) is 0 Å². The van der Waals surface area contributed by atoms with Gasteiger partial charge in [0.05, 0.1) is 0 Å². The molecule has 19 heavy (non-hydrogen) atoms. The SMILES string of the molecule is CCOCc1nc(Cl)cc(Oc2cccc(C)c2)n1. The summed E-state index contributed by atoms with van der Waals surface area (Å²) in [6.45, 7) is 4.83. The average molecular weight is 279 g/mol. The molecular formula is C14H15ClN2O2. The third-order valence-electron chi connectivity index (χ3n) is 2.36. The van der Waals surface area contributed by atoms with Crippen LogP contribution in [0, 0.1) is 6.92 Å². The molecule has 0 aliphatic heterocycles. The minimum absolute atomic E-state index is 0.321. The van der Waals surface area contributed by atoms with Crippen molar-refractivity contribution in [3.63, 3.8) is 0 Å². The Morgan fingerprint density at radius 2 is 2.05 bits per heavy atom. The Bertz CT molecular complexity index is 561. The Labute approximate surface area is 117 Å². The number of hydrogen-bond donors (Lipinski definition) is 0. The van der Waals surface area contributed by atoms with Gasteiger partial charge in [0.1, 0.15) is 17.5 Å². The third-order valence-corrected chi connectivity index (χ3v) is 2.56. The number of rotatable bonds is 5. The summed E-state index contributed by atoms with van der Waals surface area (Å²) in [6, 6.07) is 9.30. The molecule has 0 fully saturated rings. The Kier molecular flexibility index (Phi) is 4.71. The predicted molar refractivity (Wildman–Crippen MR) is 73.6 cm³/mol. The Hall–Kier alpha value is -1.65. The summed E-state index contributed by atoms with van der Waals surface area (Å²) in [5, 5.41) is 0.340. The molecule has 0 atom stereocenters. The lowest BCUT2D eigenvalue weighted by Gasteiger charge is -2.07. The van der Waals surface area contributed by atoms with E-state index in [0.29, 0.717) is 30.1 Å².